The second-order valence-electron chi connectivity index (χ2n) is 4.28. The van der Waals surface area contributed by atoms with Crippen LogP contribution >= 0.6 is 0 Å². The number of nitrogens with two attached hydrogens (primary N) is 1. The maximum Gasteiger partial charge on any atom is 0.239 e. The lowest BCUT2D eigenvalue weighted by Crippen LogP contribution is -2.45. The molecule has 0 aromatic heterocycles. The molecule has 1 aliphatic heterocycles. The SMILES string of the molecule is CC(C)C[C@H](N)C(=O)N1CC=CCC1. The second-order valence-corrected chi connectivity index (χ2v) is 4.28. The summed E-state index contributed by atoms with van der Waals surface area (Å²) in [6, 6.07) is -0.318. The van der Waals surface area contributed by atoms with Gasteiger partial charge in [-0.05, 0) is 18.8 Å². The Balaban J connectivity index is 2.43. The number of hydrogen-bond donors (Lipinski definition) is 1. The first-order valence-corrected chi connectivity index (χ1v) is 5.30. The Morgan fingerprint density at radius 1 is 1.50 bits per heavy atom. The maximum atomic E-state index is 11.8. The van der Waals surface area contributed by atoms with Crippen LogP contribution in [0.5, 0.6) is 0 Å². The summed E-state index contributed by atoms with van der Waals surface area (Å²) in [5.74, 6) is 0.581. The molecule has 80 valence electrons. The lowest BCUT2D eigenvalue weighted by atomic mass is 10.0. The standard InChI is InChI=1S/C11H20N2O/c1-9(2)8-10(12)11(14)13-6-4-3-5-7-13/h3-4,9-10H,5-8,12H2,1-2H3/t10-/m0/s1. The quantitative estimate of drug-likeness (QED) is 0.688. The lowest BCUT2D eigenvalue weighted by molar-refractivity contribution is -0.132. The predicted octanol–water partition coefficient (Wildman–Crippen LogP) is 1.15. The van der Waals surface area contributed by atoms with Crippen LogP contribution in [0, 0.1) is 5.92 Å². The van der Waals surface area contributed by atoms with E-state index < -0.39 is 0 Å². The zero-order valence-corrected chi connectivity index (χ0v) is 9.07. The first-order chi connectivity index (χ1) is 6.61. The van der Waals surface area contributed by atoms with Gasteiger partial charge in [0.1, 0.15) is 0 Å². The third-order valence-electron chi connectivity index (χ3n) is 2.41. The molecule has 3 nitrogen and oxygen atoms in total. The van der Waals surface area contributed by atoms with Crippen LogP contribution in [0.25, 0.3) is 0 Å². The third kappa shape index (κ3) is 3.14. The van der Waals surface area contributed by atoms with Crippen molar-refractivity contribution in [2.75, 3.05) is 13.1 Å². The fourth-order valence-corrected chi connectivity index (χ4v) is 1.68. The van der Waals surface area contributed by atoms with Crippen LogP contribution in [0.1, 0.15) is 26.7 Å². The van der Waals surface area contributed by atoms with Gasteiger partial charge in [0.05, 0.1) is 6.04 Å². The molecule has 14 heavy (non-hydrogen) atoms. The van der Waals surface area contributed by atoms with Gasteiger partial charge in [0.25, 0.3) is 0 Å². The van der Waals surface area contributed by atoms with Gasteiger partial charge in [-0.15, -0.1) is 0 Å². The molecule has 0 radical (unpaired) electrons. The number of carbonyl (C=O) groups excluding carboxylic acids is 1. The summed E-state index contributed by atoms with van der Waals surface area (Å²) in [7, 11) is 0. The van der Waals surface area contributed by atoms with Crippen molar-refractivity contribution in [1.29, 1.82) is 0 Å². The van der Waals surface area contributed by atoms with Crippen molar-refractivity contribution < 1.29 is 4.79 Å². The smallest absolute Gasteiger partial charge is 0.239 e. The molecule has 0 aliphatic carbocycles. The molecule has 0 aromatic rings. The number of amides is 1. The molecule has 0 unspecified atom stereocenters. The fraction of sp³-hybridized carbons (Fsp3) is 0.727. The van der Waals surface area contributed by atoms with E-state index >= 15 is 0 Å². The van der Waals surface area contributed by atoms with E-state index in [9.17, 15) is 4.79 Å². The van der Waals surface area contributed by atoms with Gasteiger partial charge in [-0.3, -0.25) is 4.79 Å². The Bertz CT molecular complexity index is 223. The molecule has 0 spiro atoms. The van der Waals surface area contributed by atoms with Crippen LogP contribution in [0.4, 0.5) is 0 Å². The highest BCUT2D eigenvalue weighted by molar-refractivity contribution is 5.81. The van der Waals surface area contributed by atoms with Crippen molar-refractivity contribution in [1.82, 2.24) is 4.90 Å². The molecule has 1 atom stereocenters. The molecule has 0 aromatic carbocycles. The summed E-state index contributed by atoms with van der Waals surface area (Å²) in [5, 5.41) is 0. The summed E-state index contributed by atoms with van der Waals surface area (Å²) in [4.78, 5) is 13.6. The van der Waals surface area contributed by atoms with Crippen LogP contribution < -0.4 is 5.73 Å². The van der Waals surface area contributed by atoms with Crippen LogP contribution in [-0.2, 0) is 4.79 Å². The molecule has 1 aliphatic rings. The summed E-state index contributed by atoms with van der Waals surface area (Å²) < 4.78 is 0. The molecule has 1 heterocycles. The van der Waals surface area contributed by atoms with Crippen molar-refractivity contribution in [3.05, 3.63) is 12.2 Å². The van der Waals surface area contributed by atoms with Gasteiger partial charge >= 0.3 is 0 Å². The van der Waals surface area contributed by atoms with Gasteiger partial charge in [0.15, 0.2) is 0 Å². The number of carbonyl (C=O) groups is 1. The van der Waals surface area contributed by atoms with E-state index in [0.29, 0.717) is 5.92 Å². The Hall–Kier alpha value is -0.830. The average molecular weight is 196 g/mol. The highest BCUT2D eigenvalue weighted by Gasteiger charge is 2.21. The molecule has 0 saturated heterocycles. The maximum absolute atomic E-state index is 11.8. The monoisotopic (exact) mass is 196 g/mol. The van der Waals surface area contributed by atoms with Gasteiger partial charge in [-0.1, -0.05) is 26.0 Å². The molecule has 0 fully saturated rings. The number of hydrogen-bond acceptors (Lipinski definition) is 2. The molecule has 0 saturated carbocycles. The largest absolute Gasteiger partial charge is 0.337 e. The zero-order chi connectivity index (χ0) is 10.6. The molecular weight excluding hydrogens is 176 g/mol. The first kappa shape index (κ1) is 11.2. The number of nitrogens with zero attached hydrogens (tertiary/aromatic N) is 1. The van der Waals surface area contributed by atoms with Crippen molar-refractivity contribution in [3.63, 3.8) is 0 Å². The molecule has 1 amide bonds. The van der Waals surface area contributed by atoms with Crippen LogP contribution in [0.2, 0.25) is 0 Å². The number of rotatable bonds is 3. The summed E-state index contributed by atoms with van der Waals surface area (Å²) in [6.07, 6.45) is 5.88. The fourth-order valence-electron chi connectivity index (χ4n) is 1.68. The van der Waals surface area contributed by atoms with Crippen LogP contribution in [0.3, 0.4) is 0 Å². The Kier molecular flexibility index (Phi) is 4.14. The van der Waals surface area contributed by atoms with Crippen molar-refractivity contribution in [2.45, 2.75) is 32.7 Å². The first-order valence-electron chi connectivity index (χ1n) is 5.30. The van der Waals surface area contributed by atoms with Crippen LogP contribution in [0.15, 0.2) is 12.2 Å². The summed E-state index contributed by atoms with van der Waals surface area (Å²) in [6.45, 7) is 5.72. The zero-order valence-electron chi connectivity index (χ0n) is 9.07. The van der Waals surface area contributed by atoms with E-state index in [0.717, 1.165) is 25.9 Å². The van der Waals surface area contributed by atoms with Crippen molar-refractivity contribution in [3.8, 4) is 0 Å². The Morgan fingerprint density at radius 2 is 2.21 bits per heavy atom. The Morgan fingerprint density at radius 3 is 2.71 bits per heavy atom. The van der Waals surface area contributed by atoms with E-state index in [1.807, 2.05) is 11.0 Å². The highest BCUT2D eigenvalue weighted by Crippen LogP contribution is 2.08. The molecule has 2 N–H and O–H groups in total. The van der Waals surface area contributed by atoms with Gasteiger partial charge < -0.3 is 10.6 Å². The van der Waals surface area contributed by atoms with Crippen LogP contribution in [-0.4, -0.2) is 29.9 Å². The minimum absolute atomic E-state index is 0.100. The van der Waals surface area contributed by atoms with E-state index in [1.54, 1.807) is 0 Å². The van der Waals surface area contributed by atoms with Gasteiger partial charge in [-0.2, -0.15) is 0 Å². The molecule has 3 heteroatoms. The predicted molar refractivity (Wildman–Crippen MR) is 57.8 cm³/mol. The van der Waals surface area contributed by atoms with E-state index in [-0.39, 0.29) is 11.9 Å². The highest BCUT2D eigenvalue weighted by atomic mass is 16.2. The minimum Gasteiger partial charge on any atom is -0.337 e. The summed E-state index contributed by atoms with van der Waals surface area (Å²) >= 11 is 0. The van der Waals surface area contributed by atoms with Gasteiger partial charge in [0.2, 0.25) is 5.91 Å². The molecule has 0 bridgehead atoms. The lowest BCUT2D eigenvalue weighted by Gasteiger charge is -2.26. The third-order valence-corrected chi connectivity index (χ3v) is 2.41. The van der Waals surface area contributed by atoms with Gasteiger partial charge in [0, 0.05) is 13.1 Å². The van der Waals surface area contributed by atoms with E-state index in [2.05, 4.69) is 19.9 Å². The van der Waals surface area contributed by atoms with Crippen molar-refractivity contribution >= 4 is 5.91 Å². The molecular formula is C11H20N2O. The second kappa shape index (κ2) is 5.15. The topological polar surface area (TPSA) is 46.3 Å². The minimum atomic E-state index is -0.318. The molecule has 1 rings (SSSR count). The average Bonchev–Trinajstić information content (AvgIpc) is 2.17. The van der Waals surface area contributed by atoms with E-state index in [1.165, 1.54) is 0 Å². The summed E-state index contributed by atoms with van der Waals surface area (Å²) in [5.41, 5.74) is 5.83. The van der Waals surface area contributed by atoms with Crippen molar-refractivity contribution in [2.24, 2.45) is 11.7 Å². The van der Waals surface area contributed by atoms with E-state index in [4.69, 9.17) is 5.73 Å². The normalized spacial score (nSPS) is 18.7. The Labute approximate surface area is 86.0 Å². The van der Waals surface area contributed by atoms with Gasteiger partial charge in [-0.25, -0.2) is 0 Å².